The van der Waals surface area contributed by atoms with Gasteiger partial charge in [-0.15, -0.1) is 0 Å². The van der Waals surface area contributed by atoms with Crippen molar-refractivity contribution < 1.29 is 19.2 Å². The summed E-state index contributed by atoms with van der Waals surface area (Å²) < 4.78 is 13.5. The lowest BCUT2D eigenvalue weighted by atomic mass is 9.88. The molecule has 4 N–H and O–H groups in total. The number of nitrogens with one attached hydrogen (secondary N) is 1. The van der Waals surface area contributed by atoms with Gasteiger partial charge in [0.15, 0.2) is 10.6 Å². The maximum absolute atomic E-state index is 13.0. The lowest BCUT2D eigenvalue weighted by Crippen LogP contribution is -2.16. The number of rotatable bonds is 5. The van der Waals surface area contributed by atoms with Gasteiger partial charge in [-0.05, 0) is 78.1 Å². The predicted octanol–water partition coefficient (Wildman–Crippen LogP) is 4.09. The Morgan fingerprint density at radius 2 is 1.86 bits per heavy atom. The molecule has 1 aliphatic rings. The number of carbonyl (C=O) groups is 2. The Kier molecular flexibility index (Phi) is 6.21. The highest BCUT2D eigenvalue weighted by molar-refractivity contribution is 7.90. The topological polar surface area (TPSA) is 133 Å². The van der Waals surface area contributed by atoms with Gasteiger partial charge in [0.2, 0.25) is 0 Å². The maximum atomic E-state index is 13.0. The van der Waals surface area contributed by atoms with Crippen LogP contribution in [0.4, 0.5) is 5.69 Å². The van der Waals surface area contributed by atoms with Crippen LogP contribution in [0.15, 0.2) is 65.6 Å². The van der Waals surface area contributed by atoms with Crippen molar-refractivity contribution in [2.24, 2.45) is 5.73 Å². The molecule has 1 unspecified atom stereocenters. The molecular weight excluding hydrogens is 500 g/mol. The van der Waals surface area contributed by atoms with E-state index in [0.29, 0.717) is 34.8 Å². The average molecular weight is 521 g/mol. The van der Waals surface area contributed by atoms with Crippen LogP contribution in [-0.4, -0.2) is 37.5 Å². The zero-order valence-electron chi connectivity index (χ0n) is 19.1. The van der Waals surface area contributed by atoms with Gasteiger partial charge in [-0.3, -0.25) is 9.59 Å². The van der Waals surface area contributed by atoms with E-state index in [4.69, 9.17) is 17.3 Å². The Morgan fingerprint density at radius 1 is 1.11 bits per heavy atom. The molecule has 182 valence electrons. The highest BCUT2D eigenvalue weighted by Gasteiger charge is 2.28. The second kappa shape index (κ2) is 9.34. The highest BCUT2D eigenvalue weighted by atomic mass is 35.5. The summed E-state index contributed by atoms with van der Waals surface area (Å²) in [5.41, 5.74) is 10.5. The van der Waals surface area contributed by atoms with Crippen molar-refractivity contribution in [1.82, 2.24) is 9.78 Å². The van der Waals surface area contributed by atoms with Crippen molar-refractivity contribution in [3.8, 4) is 22.7 Å². The summed E-state index contributed by atoms with van der Waals surface area (Å²) in [5.74, 6) is -0.956. The highest BCUT2D eigenvalue weighted by Crippen LogP contribution is 2.38. The Morgan fingerprint density at radius 3 is 2.56 bits per heavy atom. The van der Waals surface area contributed by atoms with Crippen molar-refractivity contribution in [1.29, 1.82) is 0 Å². The number of halogens is 1. The van der Waals surface area contributed by atoms with Gasteiger partial charge in [0.05, 0.1) is 22.0 Å². The van der Waals surface area contributed by atoms with Crippen molar-refractivity contribution >= 4 is 40.3 Å². The van der Waals surface area contributed by atoms with Gasteiger partial charge in [0.1, 0.15) is 12.0 Å². The van der Waals surface area contributed by atoms with E-state index in [1.54, 1.807) is 35.0 Å². The summed E-state index contributed by atoms with van der Waals surface area (Å²) >= 11 is 4.98. The van der Waals surface area contributed by atoms with Crippen molar-refractivity contribution in [3.05, 3.63) is 88.1 Å². The lowest BCUT2D eigenvalue weighted by Gasteiger charge is -2.20. The zero-order chi connectivity index (χ0) is 25.6. The van der Waals surface area contributed by atoms with E-state index < -0.39 is 23.0 Å². The largest absolute Gasteiger partial charge is 0.612 e. The molecule has 0 fully saturated rings. The molecule has 5 rings (SSSR count). The van der Waals surface area contributed by atoms with Crippen LogP contribution in [-0.2, 0) is 24.0 Å². The van der Waals surface area contributed by atoms with E-state index in [1.165, 1.54) is 24.5 Å². The number of aryl methyl sites for hydroxylation is 1. The molecule has 0 saturated carbocycles. The number of carbonyl (C=O) groups excluding carboxylic acids is 2. The number of anilines is 1. The number of hydrogen-bond donors (Lipinski definition) is 3. The fourth-order valence-electron chi connectivity index (χ4n) is 4.35. The van der Waals surface area contributed by atoms with E-state index >= 15 is 0 Å². The van der Waals surface area contributed by atoms with Crippen LogP contribution in [0.3, 0.4) is 0 Å². The number of benzene rings is 3. The lowest BCUT2D eigenvalue weighted by molar-refractivity contribution is 0.0992. The smallest absolute Gasteiger partial charge is 0.269 e. The van der Waals surface area contributed by atoms with Gasteiger partial charge in [-0.2, -0.15) is 5.10 Å². The molecule has 0 aliphatic heterocycles. The summed E-state index contributed by atoms with van der Waals surface area (Å²) in [4.78, 5) is 25.7. The van der Waals surface area contributed by atoms with Gasteiger partial charge >= 0.3 is 0 Å². The third-order valence-electron chi connectivity index (χ3n) is 6.09. The summed E-state index contributed by atoms with van der Waals surface area (Å²) in [6.07, 6.45) is 2.79. The minimum Gasteiger partial charge on any atom is -0.612 e. The first kappa shape index (κ1) is 23.9. The molecule has 1 atom stereocenters. The Bertz CT molecular complexity index is 1520. The van der Waals surface area contributed by atoms with Gasteiger partial charge in [0, 0.05) is 22.9 Å². The molecule has 1 aliphatic carbocycles. The standard InChI is InChI=1S/C26H21ClN4O4S/c1-36(35)18-9-11-22(27)21(13-18)26(34)29-15-4-2-14-3-10-19-23(25(28)33)30-31(24(19)20(14)12-15)16-5-7-17(32)8-6-16/h2,4-9,11-13,32H,3,10H2,1H3,(H2,28,33)(H,29,34). The molecule has 1 aromatic heterocycles. The molecule has 0 radical (unpaired) electrons. The third-order valence-corrected chi connectivity index (χ3v) is 7.34. The first-order valence-electron chi connectivity index (χ1n) is 11.0. The Hall–Kier alpha value is -3.79. The number of aromatic nitrogens is 2. The van der Waals surface area contributed by atoms with Gasteiger partial charge in [-0.1, -0.05) is 17.7 Å². The van der Waals surface area contributed by atoms with Crippen LogP contribution in [0.2, 0.25) is 5.02 Å². The summed E-state index contributed by atoms with van der Waals surface area (Å²) in [6, 6.07) is 16.7. The van der Waals surface area contributed by atoms with Gasteiger partial charge in [-0.25, -0.2) is 4.68 Å². The molecule has 36 heavy (non-hydrogen) atoms. The van der Waals surface area contributed by atoms with Crippen molar-refractivity contribution in [2.45, 2.75) is 17.7 Å². The van der Waals surface area contributed by atoms with Crippen molar-refractivity contribution in [3.63, 3.8) is 0 Å². The van der Waals surface area contributed by atoms with Crippen LogP contribution >= 0.6 is 11.6 Å². The molecule has 2 amide bonds. The molecule has 8 nitrogen and oxygen atoms in total. The normalized spacial score (nSPS) is 13.0. The summed E-state index contributed by atoms with van der Waals surface area (Å²) in [7, 11) is 0. The van der Waals surface area contributed by atoms with E-state index in [9.17, 15) is 19.2 Å². The summed E-state index contributed by atoms with van der Waals surface area (Å²) in [5, 5.41) is 17.3. The monoisotopic (exact) mass is 520 g/mol. The molecule has 0 bridgehead atoms. The van der Waals surface area contributed by atoms with E-state index in [-0.39, 0.29) is 22.0 Å². The van der Waals surface area contributed by atoms with E-state index in [0.717, 1.165) is 16.7 Å². The SMILES string of the molecule is C[S+]([O-])c1ccc(Cl)c(C(=O)Nc2ccc3c(c2)-c2c(c(C(N)=O)nn2-c2ccc(O)cc2)CC3)c1. The number of nitrogens with zero attached hydrogens (tertiary/aromatic N) is 2. The average Bonchev–Trinajstić information content (AvgIpc) is 3.25. The minimum atomic E-state index is -1.26. The van der Waals surface area contributed by atoms with E-state index in [1.807, 2.05) is 12.1 Å². The number of phenols is 1. The van der Waals surface area contributed by atoms with Crippen LogP contribution in [0.25, 0.3) is 16.9 Å². The van der Waals surface area contributed by atoms with Crippen LogP contribution in [0, 0.1) is 0 Å². The zero-order valence-corrected chi connectivity index (χ0v) is 20.7. The molecular formula is C26H21ClN4O4S. The number of phenolic OH excluding ortho intramolecular Hbond substituents is 1. The first-order valence-corrected chi connectivity index (χ1v) is 12.9. The van der Waals surface area contributed by atoms with E-state index in [2.05, 4.69) is 10.4 Å². The van der Waals surface area contributed by atoms with Crippen molar-refractivity contribution in [2.75, 3.05) is 11.6 Å². The quantitative estimate of drug-likeness (QED) is 0.341. The molecule has 4 aromatic rings. The molecule has 1 heterocycles. The number of amides is 2. The second-order valence-corrected chi connectivity index (χ2v) is 10.2. The number of hydrogen-bond acceptors (Lipinski definition) is 5. The van der Waals surface area contributed by atoms with Crippen LogP contribution in [0.5, 0.6) is 5.75 Å². The predicted molar refractivity (Wildman–Crippen MR) is 138 cm³/mol. The molecule has 0 saturated heterocycles. The first-order chi connectivity index (χ1) is 17.2. The third kappa shape index (κ3) is 4.32. The van der Waals surface area contributed by atoms with Crippen LogP contribution < -0.4 is 11.1 Å². The summed E-state index contributed by atoms with van der Waals surface area (Å²) in [6.45, 7) is 0. The number of aromatic hydroxyl groups is 1. The number of nitrogens with two attached hydrogens (primary N) is 1. The molecule has 0 spiro atoms. The Labute approximate surface area is 214 Å². The van der Waals surface area contributed by atoms with Gasteiger partial charge in [0.25, 0.3) is 11.8 Å². The Balaban J connectivity index is 1.57. The fraction of sp³-hybridized carbons (Fsp3) is 0.115. The van der Waals surface area contributed by atoms with Gasteiger partial charge < -0.3 is 20.7 Å². The molecule has 10 heteroatoms. The molecule has 3 aromatic carbocycles. The fourth-order valence-corrected chi connectivity index (χ4v) is 5.10. The minimum absolute atomic E-state index is 0.106. The maximum Gasteiger partial charge on any atom is 0.269 e. The second-order valence-electron chi connectivity index (χ2n) is 8.39. The van der Waals surface area contributed by atoms with Crippen LogP contribution in [0.1, 0.15) is 32.0 Å². The number of primary amides is 1. The number of fused-ring (bicyclic) bond motifs is 3.